The molecule has 0 spiro atoms. The fraction of sp³-hybridized carbons (Fsp3) is 0.571. The molecule has 1 heterocycles. The molecule has 1 aliphatic heterocycles. The molecule has 0 aromatic heterocycles. The van der Waals surface area contributed by atoms with Crippen molar-refractivity contribution < 1.29 is 19.3 Å². The van der Waals surface area contributed by atoms with Crippen LogP contribution in [0.2, 0.25) is 0 Å². The largest absolute Gasteiger partial charge is 0.493 e. The average molecular weight is 252 g/mol. The maximum atomic E-state index is 10.1. The molecular weight excluding hydrogens is 232 g/mol. The minimum Gasteiger partial charge on any atom is -0.493 e. The van der Waals surface area contributed by atoms with Crippen molar-refractivity contribution in [2.45, 2.75) is 18.9 Å². The quantitative estimate of drug-likeness (QED) is 0.783. The molecule has 0 aliphatic carbocycles. The van der Waals surface area contributed by atoms with Crippen molar-refractivity contribution in [3.63, 3.8) is 0 Å². The second kappa shape index (κ2) is 6.73. The maximum absolute atomic E-state index is 10.1. The Morgan fingerprint density at radius 2 is 2.28 bits per heavy atom. The van der Waals surface area contributed by atoms with Gasteiger partial charge >= 0.3 is 0 Å². The number of aliphatic hydroxyl groups excluding tert-OH is 1. The third kappa shape index (κ3) is 3.22. The van der Waals surface area contributed by atoms with E-state index in [1.807, 2.05) is 12.1 Å². The van der Waals surface area contributed by atoms with Crippen molar-refractivity contribution in [2.24, 2.45) is 0 Å². The van der Waals surface area contributed by atoms with Crippen LogP contribution in [-0.2, 0) is 15.9 Å². The van der Waals surface area contributed by atoms with E-state index in [4.69, 9.17) is 14.2 Å². The summed E-state index contributed by atoms with van der Waals surface area (Å²) in [6.45, 7) is 2.02. The number of hydrogen-bond donors (Lipinski definition) is 1. The van der Waals surface area contributed by atoms with E-state index in [-0.39, 0.29) is 6.61 Å². The predicted molar refractivity (Wildman–Crippen MR) is 67.9 cm³/mol. The first-order valence-corrected chi connectivity index (χ1v) is 6.32. The van der Waals surface area contributed by atoms with Gasteiger partial charge in [0.2, 0.25) is 0 Å². The zero-order valence-corrected chi connectivity index (χ0v) is 10.7. The van der Waals surface area contributed by atoms with Crippen LogP contribution in [-0.4, -0.2) is 38.6 Å². The number of rotatable bonds is 6. The second-order valence-electron chi connectivity index (χ2n) is 4.37. The molecule has 0 fully saturated rings. The van der Waals surface area contributed by atoms with Crippen molar-refractivity contribution in [1.82, 2.24) is 0 Å². The van der Waals surface area contributed by atoms with Gasteiger partial charge in [0.15, 0.2) is 0 Å². The first kappa shape index (κ1) is 13.3. The summed E-state index contributed by atoms with van der Waals surface area (Å²) >= 11 is 0. The first-order chi connectivity index (χ1) is 8.83. The summed E-state index contributed by atoms with van der Waals surface area (Å²) in [4.78, 5) is 0. The molecule has 0 bridgehead atoms. The van der Waals surface area contributed by atoms with E-state index in [1.54, 1.807) is 7.11 Å². The lowest BCUT2D eigenvalue weighted by Crippen LogP contribution is -2.15. The lowest BCUT2D eigenvalue weighted by Gasteiger charge is -2.22. The molecule has 1 aromatic rings. The number of hydrogen-bond acceptors (Lipinski definition) is 4. The highest BCUT2D eigenvalue weighted by Gasteiger charge is 2.19. The van der Waals surface area contributed by atoms with E-state index < -0.39 is 6.10 Å². The Morgan fingerprint density at radius 3 is 3.11 bits per heavy atom. The van der Waals surface area contributed by atoms with Crippen LogP contribution in [0.15, 0.2) is 18.2 Å². The Hall–Kier alpha value is -1.10. The van der Waals surface area contributed by atoms with Gasteiger partial charge in [-0.25, -0.2) is 0 Å². The van der Waals surface area contributed by atoms with Crippen LogP contribution in [0, 0.1) is 0 Å². The van der Waals surface area contributed by atoms with Crippen molar-refractivity contribution in [3.05, 3.63) is 29.3 Å². The van der Waals surface area contributed by atoms with Crippen LogP contribution in [0.5, 0.6) is 5.75 Å². The third-order valence-electron chi connectivity index (χ3n) is 3.03. The number of aryl methyl sites for hydroxylation is 1. The molecule has 4 heteroatoms. The van der Waals surface area contributed by atoms with Gasteiger partial charge in [-0.2, -0.15) is 0 Å². The molecule has 1 atom stereocenters. The van der Waals surface area contributed by atoms with Crippen LogP contribution in [0.4, 0.5) is 0 Å². The molecule has 2 rings (SSSR count). The van der Waals surface area contributed by atoms with E-state index in [2.05, 4.69) is 6.07 Å². The average Bonchev–Trinajstić information content (AvgIpc) is 2.43. The summed E-state index contributed by atoms with van der Waals surface area (Å²) in [6, 6.07) is 5.91. The molecule has 0 saturated carbocycles. The summed E-state index contributed by atoms with van der Waals surface area (Å²) in [5.41, 5.74) is 2.00. The highest BCUT2D eigenvalue weighted by Crippen LogP contribution is 2.32. The molecule has 0 amide bonds. The monoisotopic (exact) mass is 252 g/mol. The zero-order valence-electron chi connectivity index (χ0n) is 10.7. The highest BCUT2D eigenvalue weighted by molar-refractivity contribution is 5.44. The predicted octanol–water partition coefficient (Wildman–Crippen LogP) is 1.71. The zero-order chi connectivity index (χ0) is 12.8. The molecule has 100 valence electrons. The van der Waals surface area contributed by atoms with Crippen LogP contribution < -0.4 is 4.74 Å². The minimum absolute atomic E-state index is 0.267. The van der Waals surface area contributed by atoms with Gasteiger partial charge in [-0.1, -0.05) is 18.2 Å². The Balaban J connectivity index is 1.99. The van der Waals surface area contributed by atoms with Crippen molar-refractivity contribution in [3.8, 4) is 5.75 Å². The van der Waals surface area contributed by atoms with E-state index in [1.165, 1.54) is 5.56 Å². The summed E-state index contributed by atoms with van der Waals surface area (Å²) < 4.78 is 15.9. The molecule has 18 heavy (non-hydrogen) atoms. The van der Waals surface area contributed by atoms with Gasteiger partial charge in [-0.3, -0.25) is 0 Å². The SMILES string of the molecule is COCCOCC(O)c1cccc2c1OCCC2. The minimum atomic E-state index is -0.644. The Labute approximate surface area is 107 Å². The van der Waals surface area contributed by atoms with Gasteiger partial charge in [-0.15, -0.1) is 0 Å². The number of methoxy groups -OCH3 is 1. The first-order valence-electron chi connectivity index (χ1n) is 6.32. The van der Waals surface area contributed by atoms with Gasteiger partial charge in [0, 0.05) is 12.7 Å². The summed E-state index contributed by atoms with van der Waals surface area (Å²) in [5, 5.41) is 10.1. The molecule has 1 aliphatic rings. The standard InChI is InChI=1S/C14H20O4/c1-16-8-9-17-10-13(15)12-6-2-4-11-5-3-7-18-14(11)12/h2,4,6,13,15H,3,5,7-10H2,1H3. The number of para-hydroxylation sites is 1. The molecule has 1 N–H and O–H groups in total. The van der Waals surface area contributed by atoms with Crippen LogP contribution in [0.25, 0.3) is 0 Å². The molecular formula is C14H20O4. The third-order valence-corrected chi connectivity index (χ3v) is 3.03. The number of aliphatic hydroxyl groups is 1. The second-order valence-corrected chi connectivity index (χ2v) is 4.37. The van der Waals surface area contributed by atoms with E-state index >= 15 is 0 Å². The number of ether oxygens (including phenoxy) is 3. The van der Waals surface area contributed by atoms with Gasteiger partial charge in [0.05, 0.1) is 26.4 Å². The van der Waals surface area contributed by atoms with E-state index in [0.717, 1.165) is 30.8 Å². The van der Waals surface area contributed by atoms with E-state index in [0.29, 0.717) is 13.2 Å². The lowest BCUT2D eigenvalue weighted by atomic mass is 9.99. The number of fused-ring (bicyclic) bond motifs is 1. The van der Waals surface area contributed by atoms with Crippen molar-refractivity contribution in [2.75, 3.05) is 33.5 Å². The molecule has 0 saturated heterocycles. The van der Waals surface area contributed by atoms with Gasteiger partial charge in [0.25, 0.3) is 0 Å². The van der Waals surface area contributed by atoms with Gasteiger partial charge < -0.3 is 19.3 Å². The van der Waals surface area contributed by atoms with E-state index in [9.17, 15) is 5.11 Å². The molecule has 1 aromatic carbocycles. The Morgan fingerprint density at radius 1 is 1.39 bits per heavy atom. The molecule has 4 nitrogen and oxygen atoms in total. The lowest BCUT2D eigenvalue weighted by molar-refractivity contribution is 0.0114. The van der Waals surface area contributed by atoms with Crippen molar-refractivity contribution in [1.29, 1.82) is 0 Å². The molecule has 0 radical (unpaired) electrons. The Bertz CT molecular complexity index is 378. The highest BCUT2D eigenvalue weighted by atomic mass is 16.5. The smallest absolute Gasteiger partial charge is 0.128 e. The summed E-state index contributed by atoms with van der Waals surface area (Å²) in [6.07, 6.45) is 1.41. The van der Waals surface area contributed by atoms with Crippen molar-refractivity contribution >= 4 is 0 Å². The van der Waals surface area contributed by atoms with Gasteiger partial charge in [0.1, 0.15) is 11.9 Å². The van der Waals surface area contributed by atoms with Crippen LogP contribution in [0.3, 0.4) is 0 Å². The molecule has 1 unspecified atom stereocenters. The summed E-state index contributed by atoms with van der Waals surface area (Å²) in [5.74, 6) is 0.839. The fourth-order valence-corrected chi connectivity index (χ4v) is 2.10. The normalized spacial score (nSPS) is 15.9. The van der Waals surface area contributed by atoms with Crippen LogP contribution in [0.1, 0.15) is 23.7 Å². The Kier molecular flexibility index (Phi) is 4.99. The number of benzene rings is 1. The topological polar surface area (TPSA) is 47.9 Å². The van der Waals surface area contributed by atoms with Crippen LogP contribution >= 0.6 is 0 Å². The maximum Gasteiger partial charge on any atom is 0.128 e. The van der Waals surface area contributed by atoms with Gasteiger partial charge in [-0.05, 0) is 18.4 Å². The summed E-state index contributed by atoms with van der Waals surface area (Å²) in [7, 11) is 1.63. The fourth-order valence-electron chi connectivity index (χ4n) is 2.10.